The fourth-order valence-corrected chi connectivity index (χ4v) is 6.32. The van der Waals surface area contributed by atoms with Gasteiger partial charge >= 0.3 is 0 Å². The molecule has 2 unspecified atom stereocenters. The molecule has 12 heteroatoms. The van der Waals surface area contributed by atoms with Gasteiger partial charge in [-0.25, -0.2) is 4.68 Å². The van der Waals surface area contributed by atoms with Gasteiger partial charge in [-0.1, -0.05) is 23.4 Å². The molecule has 47 heavy (non-hydrogen) atoms. The van der Waals surface area contributed by atoms with Crippen LogP contribution in [0.4, 0.5) is 5.69 Å². The van der Waals surface area contributed by atoms with Gasteiger partial charge in [-0.2, -0.15) is 5.26 Å². The molecule has 4 atom stereocenters. The molecule has 0 amide bonds. The van der Waals surface area contributed by atoms with Crippen molar-refractivity contribution in [2.24, 2.45) is 0 Å². The van der Waals surface area contributed by atoms with Gasteiger partial charge < -0.3 is 29.3 Å². The third kappa shape index (κ3) is 10.5. The number of rotatable bonds is 16. The molecule has 1 fully saturated rings. The molecule has 0 saturated carbocycles. The molecule has 0 bridgehead atoms. The van der Waals surface area contributed by atoms with Crippen LogP contribution in [0, 0.1) is 11.3 Å². The smallest absolute Gasteiger partial charge is 0.160 e. The normalized spacial score (nSPS) is 20.8. The van der Waals surface area contributed by atoms with Crippen molar-refractivity contribution < 1.29 is 24.4 Å². The van der Waals surface area contributed by atoms with E-state index in [-0.39, 0.29) is 18.5 Å². The van der Waals surface area contributed by atoms with E-state index in [4.69, 9.17) is 14.2 Å². The lowest BCUT2D eigenvalue weighted by atomic mass is 10.0. The number of allylic oxidation sites excluding steroid dienone is 1. The summed E-state index contributed by atoms with van der Waals surface area (Å²) in [6, 6.07) is 15.1. The Hall–Kier alpha value is -3.02. The van der Waals surface area contributed by atoms with E-state index >= 15 is 0 Å². The Bertz CT molecular complexity index is 1530. The van der Waals surface area contributed by atoms with Crippen molar-refractivity contribution in [3.63, 3.8) is 0 Å². The first-order valence-corrected chi connectivity index (χ1v) is 17.1. The van der Waals surface area contributed by atoms with Crippen LogP contribution >= 0.6 is 11.9 Å². The molecule has 2 heterocycles. The number of aliphatic hydroxyl groups is 2. The fraction of sp³-hybridized carbons (Fsp3) is 0.571. The molecule has 0 radical (unpaired) electrons. The summed E-state index contributed by atoms with van der Waals surface area (Å²) in [5, 5.41) is 41.1. The second kappa shape index (κ2) is 16.4. The van der Waals surface area contributed by atoms with Crippen molar-refractivity contribution in [1.29, 1.82) is 5.26 Å². The van der Waals surface area contributed by atoms with Crippen LogP contribution in [0.5, 0.6) is 0 Å². The summed E-state index contributed by atoms with van der Waals surface area (Å²) in [6.45, 7) is 15.2. The highest BCUT2D eigenvalue weighted by atomic mass is 32.2. The van der Waals surface area contributed by atoms with Crippen LogP contribution in [0.1, 0.15) is 65.6 Å². The van der Waals surface area contributed by atoms with Gasteiger partial charge in [0.2, 0.25) is 0 Å². The van der Waals surface area contributed by atoms with Crippen molar-refractivity contribution in [1.82, 2.24) is 19.7 Å². The van der Waals surface area contributed by atoms with E-state index in [2.05, 4.69) is 90.1 Å². The fourth-order valence-electron chi connectivity index (χ4n) is 5.59. The summed E-state index contributed by atoms with van der Waals surface area (Å²) < 4.78 is 22.3. The molecule has 1 aliphatic rings. The number of fused-ring (bicyclic) bond motifs is 1. The van der Waals surface area contributed by atoms with E-state index in [1.807, 2.05) is 19.9 Å². The summed E-state index contributed by atoms with van der Waals surface area (Å²) in [5.41, 5.74) is 2.16. The number of anilines is 1. The molecule has 3 N–H and O–H groups in total. The van der Waals surface area contributed by atoms with Crippen LogP contribution in [0.15, 0.2) is 47.5 Å². The predicted octanol–water partition coefficient (Wildman–Crippen LogP) is 5.07. The average molecular weight is 667 g/mol. The van der Waals surface area contributed by atoms with Crippen molar-refractivity contribution in [3.05, 3.63) is 58.8 Å². The molecule has 1 aliphatic heterocycles. The Kier molecular flexibility index (Phi) is 12.8. The Balaban J connectivity index is 1.26. The van der Waals surface area contributed by atoms with Crippen LogP contribution in [0.3, 0.4) is 0 Å². The van der Waals surface area contributed by atoms with Crippen molar-refractivity contribution in [2.75, 3.05) is 31.7 Å². The van der Waals surface area contributed by atoms with Crippen molar-refractivity contribution >= 4 is 34.5 Å². The minimum atomic E-state index is -1.03. The summed E-state index contributed by atoms with van der Waals surface area (Å²) in [4.78, 5) is 2.91. The topological polar surface area (TPSA) is 138 Å². The molecule has 3 aromatic rings. The number of aromatic nitrogens is 3. The standard InChI is InChI=1S/C35H50N6O5S/c1-8-40(9-2)28-13-12-25-16-24(10-11-26(25)18-28)17-29(21-36)47-38-34(3,4)14-15-45-35(5,6)20-27-22-41(39-37-27)23-31-33(43)30(42)19-32(44-7)46-31/h10-13,16-18,22,30-33,38,42-43H,8-9,14-15,19-20,23H2,1-7H3/b29-17+/t30?,31?,32-,33-/m0/s1. The van der Waals surface area contributed by atoms with Crippen LogP contribution in [0.25, 0.3) is 16.8 Å². The Morgan fingerprint density at radius 1 is 1.17 bits per heavy atom. The van der Waals surface area contributed by atoms with E-state index in [9.17, 15) is 15.5 Å². The number of aliphatic hydroxyl groups excluding tert-OH is 2. The lowest BCUT2D eigenvalue weighted by Crippen LogP contribution is -2.50. The van der Waals surface area contributed by atoms with Gasteiger partial charge in [0.05, 0.1) is 23.9 Å². The first kappa shape index (κ1) is 36.8. The van der Waals surface area contributed by atoms with Gasteiger partial charge in [0, 0.05) is 57.1 Å². The van der Waals surface area contributed by atoms with Gasteiger partial charge in [-0.05, 0) is 101 Å². The molecule has 1 saturated heterocycles. The Morgan fingerprint density at radius 2 is 1.89 bits per heavy atom. The molecule has 4 rings (SSSR count). The molecular formula is C35H50N6O5S. The molecule has 2 aromatic carbocycles. The van der Waals surface area contributed by atoms with E-state index in [0.717, 1.165) is 36.2 Å². The maximum Gasteiger partial charge on any atom is 0.160 e. The quantitative estimate of drug-likeness (QED) is 0.140. The molecule has 0 spiro atoms. The van der Waals surface area contributed by atoms with Crippen LogP contribution < -0.4 is 9.62 Å². The summed E-state index contributed by atoms with van der Waals surface area (Å²) in [5.74, 6) is 0. The zero-order chi connectivity index (χ0) is 34.2. The van der Waals surface area contributed by atoms with Gasteiger partial charge in [-0.15, -0.1) is 5.10 Å². The number of hydrogen-bond donors (Lipinski definition) is 3. The maximum atomic E-state index is 10.3. The summed E-state index contributed by atoms with van der Waals surface area (Å²) in [6.07, 6.45) is 2.00. The van der Waals surface area contributed by atoms with Gasteiger partial charge in [-0.3, -0.25) is 4.72 Å². The number of nitriles is 1. The third-order valence-electron chi connectivity index (χ3n) is 8.40. The zero-order valence-corrected chi connectivity index (χ0v) is 29.5. The van der Waals surface area contributed by atoms with E-state index in [0.29, 0.717) is 17.9 Å². The highest BCUT2D eigenvalue weighted by molar-refractivity contribution is 8.01. The second-order valence-electron chi connectivity index (χ2n) is 13.3. The number of ether oxygens (including phenoxy) is 3. The highest BCUT2D eigenvalue weighted by Crippen LogP contribution is 2.27. The predicted molar refractivity (Wildman–Crippen MR) is 187 cm³/mol. The van der Waals surface area contributed by atoms with E-state index in [1.165, 1.54) is 30.1 Å². The third-order valence-corrected chi connectivity index (χ3v) is 9.48. The van der Waals surface area contributed by atoms with E-state index in [1.54, 1.807) is 10.9 Å². The average Bonchev–Trinajstić information content (AvgIpc) is 3.47. The lowest BCUT2D eigenvalue weighted by molar-refractivity contribution is -0.245. The Morgan fingerprint density at radius 3 is 2.60 bits per heavy atom. The first-order valence-electron chi connectivity index (χ1n) is 16.3. The van der Waals surface area contributed by atoms with E-state index < -0.39 is 30.2 Å². The number of nitrogens with zero attached hydrogens (tertiary/aromatic N) is 5. The van der Waals surface area contributed by atoms with Crippen molar-refractivity contribution in [2.45, 2.75) is 103 Å². The minimum absolute atomic E-state index is 0.215. The maximum absolute atomic E-state index is 10.3. The number of nitrogens with one attached hydrogen (secondary N) is 1. The van der Waals surface area contributed by atoms with Gasteiger partial charge in [0.15, 0.2) is 6.29 Å². The van der Waals surface area contributed by atoms with Gasteiger partial charge in [0.1, 0.15) is 23.2 Å². The SMILES string of the molecule is CCN(CC)c1ccc2cc(/C=C(\C#N)SNC(C)(C)CCOC(C)(C)Cc3cn(CC4O[C@H](OC)CC(O)[C@@H]4O)nn3)ccc2c1. The first-order chi connectivity index (χ1) is 22.3. The van der Waals surface area contributed by atoms with Crippen molar-refractivity contribution in [3.8, 4) is 6.07 Å². The number of benzene rings is 2. The van der Waals surface area contributed by atoms with Crippen LogP contribution in [-0.2, 0) is 27.2 Å². The van der Waals surface area contributed by atoms with Crippen LogP contribution in [-0.4, -0.2) is 87.8 Å². The number of methoxy groups -OCH3 is 1. The van der Waals surface area contributed by atoms with Gasteiger partial charge in [0.25, 0.3) is 0 Å². The molecule has 256 valence electrons. The minimum Gasteiger partial charge on any atom is -0.390 e. The second-order valence-corrected chi connectivity index (χ2v) is 14.1. The zero-order valence-electron chi connectivity index (χ0n) is 28.6. The molecular weight excluding hydrogens is 616 g/mol. The van der Waals surface area contributed by atoms with Crippen LogP contribution in [0.2, 0.25) is 0 Å². The monoisotopic (exact) mass is 666 g/mol. The molecule has 0 aliphatic carbocycles. The largest absolute Gasteiger partial charge is 0.390 e. The number of hydrogen-bond acceptors (Lipinski definition) is 11. The Labute approximate surface area is 283 Å². The molecule has 11 nitrogen and oxygen atoms in total. The summed E-state index contributed by atoms with van der Waals surface area (Å²) >= 11 is 1.34. The molecule has 1 aromatic heterocycles. The highest BCUT2D eigenvalue weighted by Gasteiger charge is 2.37. The summed E-state index contributed by atoms with van der Waals surface area (Å²) in [7, 11) is 1.51. The lowest BCUT2D eigenvalue weighted by Gasteiger charge is -2.36.